The zero-order chi connectivity index (χ0) is 13.8. The van der Waals surface area contributed by atoms with Gasteiger partial charge in [0.25, 0.3) is 5.69 Å². The number of benzene rings is 1. The molecule has 0 saturated heterocycles. The van der Waals surface area contributed by atoms with Crippen molar-refractivity contribution >= 4 is 17.3 Å². The van der Waals surface area contributed by atoms with E-state index in [1.165, 1.54) is 36.5 Å². The summed E-state index contributed by atoms with van der Waals surface area (Å²) in [6.45, 7) is 0. The molecule has 0 unspecified atom stereocenters. The number of halogens is 1. The molecular formula is C12H6ClN3O3. The molecule has 1 aromatic carbocycles. The first kappa shape index (κ1) is 12.8. The predicted molar refractivity (Wildman–Crippen MR) is 67.1 cm³/mol. The first-order valence-corrected chi connectivity index (χ1v) is 5.46. The molecule has 0 aliphatic carbocycles. The Morgan fingerprint density at radius 3 is 2.79 bits per heavy atom. The average Bonchev–Trinajstić information content (AvgIpc) is 2.41. The van der Waals surface area contributed by atoms with Gasteiger partial charge in [0.15, 0.2) is 0 Å². The molecule has 94 valence electrons. The lowest BCUT2D eigenvalue weighted by molar-refractivity contribution is -0.384. The first-order chi connectivity index (χ1) is 9.10. The normalized spacial score (nSPS) is 9.68. The second-order valence-electron chi connectivity index (χ2n) is 3.47. The molecule has 1 aromatic heterocycles. The minimum absolute atomic E-state index is 0.0957. The first-order valence-electron chi connectivity index (χ1n) is 5.08. The maximum absolute atomic E-state index is 10.6. The molecule has 19 heavy (non-hydrogen) atoms. The zero-order valence-corrected chi connectivity index (χ0v) is 10.2. The summed E-state index contributed by atoms with van der Waals surface area (Å²) >= 11 is 5.87. The van der Waals surface area contributed by atoms with E-state index >= 15 is 0 Å². The Balaban J connectivity index is 2.28. The molecule has 0 amide bonds. The highest BCUT2D eigenvalue weighted by Gasteiger charge is 2.11. The summed E-state index contributed by atoms with van der Waals surface area (Å²) in [7, 11) is 0. The van der Waals surface area contributed by atoms with E-state index in [2.05, 4.69) is 4.98 Å². The van der Waals surface area contributed by atoms with Crippen LogP contribution in [0, 0.1) is 21.4 Å². The molecule has 0 saturated carbocycles. The van der Waals surface area contributed by atoms with Gasteiger partial charge in [-0.3, -0.25) is 10.1 Å². The highest BCUT2D eigenvalue weighted by Crippen LogP contribution is 2.31. The van der Waals surface area contributed by atoms with E-state index in [-0.39, 0.29) is 22.3 Å². The number of nitro groups is 1. The van der Waals surface area contributed by atoms with E-state index < -0.39 is 4.92 Å². The predicted octanol–water partition coefficient (Wildman–Crippen LogP) is 3.31. The summed E-state index contributed by atoms with van der Waals surface area (Å²) in [5, 5.41) is 19.4. The molecular weight excluding hydrogens is 270 g/mol. The lowest BCUT2D eigenvalue weighted by atomic mass is 10.3. The Labute approximate surface area is 113 Å². The highest BCUT2D eigenvalue weighted by molar-refractivity contribution is 6.32. The number of hydrogen-bond donors (Lipinski definition) is 0. The number of hydrogen-bond acceptors (Lipinski definition) is 5. The molecule has 1 heterocycles. The lowest BCUT2D eigenvalue weighted by Crippen LogP contribution is -1.91. The molecule has 0 aliphatic rings. The van der Waals surface area contributed by atoms with Crippen molar-refractivity contribution < 1.29 is 9.66 Å². The minimum Gasteiger partial charge on any atom is -0.437 e. The van der Waals surface area contributed by atoms with E-state index in [1.54, 1.807) is 0 Å². The molecule has 0 radical (unpaired) electrons. The van der Waals surface area contributed by atoms with Gasteiger partial charge in [-0.2, -0.15) is 5.26 Å². The van der Waals surface area contributed by atoms with Gasteiger partial charge >= 0.3 is 0 Å². The van der Waals surface area contributed by atoms with Crippen LogP contribution in [0.5, 0.6) is 11.6 Å². The molecule has 2 aromatic rings. The SMILES string of the molecule is N#Cc1ccnc(Oc2ccc([N+](=O)[O-])cc2Cl)c1. The third-order valence-corrected chi connectivity index (χ3v) is 2.50. The van der Waals surface area contributed by atoms with E-state index in [0.29, 0.717) is 5.56 Å². The van der Waals surface area contributed by atoms with Gasteiger partial charge in [-0.25, -0.2) is 4.98 Å². The van der Waals surface area contributed by atoms with Gasteiger partial charge in [0.05, 0.1) is 21.6 Å². The van der Waals surface area contributed by atoms with Gasteiger partial charge in [0, 0.05) is 24.4 Å². The number of nitriles is 1. The fourth-order valence-electron chi connectivity index (χ4n) is 1.33. The van der Waals surface area contributed by atoms with Gasteiger partial charge in [0.2, 0.25) is 5.88 Å². The van der Waals surface area contributed by atoms with Crippen LogP contribution in [-0.4, -0.2) is 9.91 Å². The topological polar surface area (TPSA) is 89.0 Å². The van der Waals surface area contributed by atoms with Crippen molar-refractivity contribution in [1.29, 1.82) is 5.26 Å². The van der Waals surface area contributed by atoms with Gasteiger partial charge in [-0.15, -0.1) is 0 Å². The maximum Gasteiger partial charge on any atom is 0.271 e. The second kappa shape index (κ2) is 5.33. The fraction of sp³-hybridized carbons (Fsp3) is 0. The van der Waals surface area contributed by atoms with Crippen LogP contribution in [-0.2, 0) is 0 Å². The van der Waals surface area contributed by atoms with Crippen molar-refractivity contribution in [1.82, 2.24) is 4.98 Å². The van der Waals surface area contributed by atoms with Crippen LogP contribution in [0.2, 0.25) is 5.02 Å². The van der Waals surface area contributed by atoms with Gasteiger partial charge in [0.1, 0.15) is 5.75 Å². The Morgan fingerprint density at radius 1 is 1.37 bits per heavy atom. The van der Waals surface area contributed by atoms with Crippen LogP contribution >= 0.6 is 11.6 Å². The van der Waals surface area contributed by atoms with Crippen molar-refractivity contribution in [2.24, 2.45) is 0 Å². The van der Waals surface area contributed by atoms with Crippen LogP contribution in [0.1, 0.15) is 5.56 Å². The molecule has 0 fully saturated rings. The molecule has 0 aliphatic heterocycles. The molecule has 6 nitrogen and oxygen atoms in total. The standard InChI is InChI=1S/C12H6ClN3O3/c13-10-6-9(16(17)18)1-2-11(10)19-12-5-8(7-14)3-4-15-12/h1-6H. The maximum atomic E-state index is 10.6. The molecule has 0 spiro atoms. The average molecular weight is 276 g/mol. The van der Waals surface area contributed by atoms with Crippen LogP contribution in [0.25, 0.3) is 0 Å². The van der Waals surface area contributed by atoms with Crippen LogP contribution in [0.15, 0.2) is 36.5 Å². The monoisotopic (exact) mass is 275 g/mol. The second-order valence-corrected chi connectivity index (χ2v) is 3.88. The van der Waals surface area contributed by atoms with Crippen molar-refractivity contribution in [3.63, 3.8) is 0 Å². The van der Waals surface area contributed by atoms with Crippen LogP contribution in [0.4, 0.5) is 5.69 Å². The number of aromatic nitrogens is 1. The highest BCUT2D eigenvalue weighted by atomic mass is 35.5. The third kappa shape index (κ3) is 2.97. The third-order valence-electron chi connectivity index (χ3n) is 2.20. The quantitative estimate of drug-likeness (QED) is 0.633. The van der Waals surface area contributed by atoms with Crippen LogP contribution in [0.3, 0.4) is 0 Å². The smallest absolute Gasteiger partial charge is 0.271 e. The number of non-ortho nitro benzene ring substituents is 1. The number of nitrogens with zero attached hydrogens (tertiary/aromatic N) is 3. The zero-order valence-electron chi connectivity index (χ0n) is 9.41. The Hall–Kier alpha value is -2.65. The van der Waals surface area contributed by atoms with E-state index in [4.69, 9.17) is 21.6 Å². The van der Waals surface area contributed by atoms with E-state index in [1.807, 2.05) is 6.07 Å². The van der Waals surface area contributed by atoms with Gasteiger partial charge in [-0.1, -0.05) is 11.6 Å². The van der Waals surface area contributed by atoms with Crippen molar-refractivity contribution in [2.45, 2.75) is 0 Å². The van der Waals surface area contributed by atoms with Crippen molar-refractivity contribution in [2.75, 3.05) is 0 Å². The number of ether oxygens (including phenoxy) is 1. The number of pyridine rings is 1. The van der Waals surface area contributed by atoms with Crippen molar-refractivity contribution in [3.05, 3.63) is 57.2 Å². The summed E-state index contributed by atoms with van der Waals surface area (Å²) in [5.74, 6) is 0.421. The van der Waals surface area contributed by atoms with E-state index in [0.717, 1.165) is 0 Å². The molecule has 7 heteroatoms. The lowest BCUT2D eigenvalue weighted by Gasteiger charge is -2.06. The summed E-state index contributed by atoms with van der Waals surface area (Å²) in [4.78, 5) is 13.9. The molecule has 2 rings (SSSR count). The number of rotatable bonds is 3. The summed E-state index contributed by atoms with van der Waals surface area (Å²) in [6, 6.07) is 8.76. The summed E-state index contributed by atoms with van der Waals surface area (Å²) in [6.07, 6.45) is 1.42. The van der Waals surface area contributed by atoms with Gasteiger partial charge < -0.3 is 4.74 Å². The Morgan fingerprint density at radius 2 is 2.16 bits per heavy atom. The van der Waals surface area contributed by atoms with Crippen LogP contribution < -0.4 is 4.74 Å². The van der Waals surface area contributed by atoms with Gasteiger partial charge in [-0.05, 0) is 12.1 Å². The largest absolute Gasteiger partial charge is 0.437 e. The molecule has 0 atom stereocenters. The summed E-state index contributed by atoms with van der Waals surface area (Å²) in [5.41, 5.74) is 0.263. The minimum atomic E-state index is -0.551. The fourth-order valence-corrected chi connectivity index (χ4v) is 1.55. The van der Waals surface area contributed by atoms with Crippen molar-refractivity contribution in [3.8, 4) is 17.7 Å². The Kier molecular flexibility index (Phi) is 3.59. The number of nitro benzene ring substituents is 1. The summed E-state index contributed by atoms with van der Waals surface area (Å²) < 4.78 is 5.37. The Bertz CT molecular complexity index is 682. The van der Waals surface area contributed by atoms with E-state index in [9.17, 15) is 10.1 Å². The molecule has 0 bridgehead atoms. The molecule has 0 N–H and O–H groups in total.